The lowest BCUT2D eigenvalue weighted by atomic mass is 9.81. The molecule has 1 aromatic rings. The molecule has 1 atom stereocenters. The van der Waals surface area contributed by atoms with E-state index in [2.05, 4.69) is 41.0 Å². The van der Waals surface area contributed by atoms with Crippen molar-refractivity contribution in [1.82, 2.24) is 9.80 Å². The van der Waals surface area contributed by atoms with Crippen molar-refractivity contribution in [1.29, 1.82) is 0 Å². The molecule has 30 heavy (non-hydrogen) atoms. The van der Waals surface area contributed by atoms with Gasteiger partial charge in [-0.1, -0.05) is 19.1 Å². The Bertz CT molecular complexity index is 606. The van der Waals surface area contributed by atoms with E-state index in [1.165, 1.54) is 70.1 Å². The first-order valence-corrected chi connectivity index (χ1v) is 12.5. The summed E-state index contributed by atoms with van der Waals surface area (Å²) in [5.41, 5.74) is 1.50. The number of benzene rings is 1. The van der Waals surface area contributed by atoms with Crippen LogP contribution in [0.25, 0.3) is 0 Å². The summed E-state index contributed by atoms with van der Waals surface area (Å²) in [5, 5.41) is 0. The predicted molar refractivity (Wildman–Crippen MR) is 123 cm³/mol. The summed E-state index contributed by atoms with van der Waals surface area (Å²) in [6.07, 6.45) is 10.5. The summed E-state index contributed by atoms with van der Waals surface area (Å²) in [6.45, 7) is 11.1. The minimum Gasteiger partial charge on any atom is -0.494 e. The highest BCUT2D eigenvalue weighted by Crippen LogP contribution is 2.35. The van der Waals surface area contributed by atoms with Gasteiger partial charge in [-0.15, -0.1) is 0 Å². The Morgan fingerprint density at radius 1 is 0.933 bits per heavy atom. The average Bonchev–Trinajstić information content (AvgIpc) is 2.80. The molecule has 1 aliphatic carbocycles. The number of ether oxygens (including phenoxy) is 2. The maximum absolute atomic E-state index is 6.02. The molecule has 2 aliphatic heterocycles. The van der Waals surface area contributed by atoms with Crippen molar-refractivity contribution in [2.24, 2.45) is 5.92 Å². The van der Waals surface area contributed by atoms with Gasteiger partial charge in [0.1, 0.15) is 5.75 Å². The van der Waals surface area contributed by atoms with Crippen LogP contribution in [0, 0.1) is 5.92 Å². The average molecular weight is 415 g/mol. The zero-order valence-corrected chi connectivity index (χ0v) is 19.1. The van der Waals surface area contributed by atoms with Gasteiger partial charge < -0.3 is 14.4 Å². The van der Waals surface area contributed by atoms with Crippen molar-refractivity contribution >= 4 is 0 Å². The highest BCUT2D eigenvalue weighted by Gasteiger charge is 2.27. The van der Waals surface area contributed by atoms with Gasteiger partial charge in [-0.3, -0.25) is 4.90 Å². The van der Waals surface area contributed by atoms with Gasteiger partial charge in [0, 0.05) is 25.7 Å². The molecule has 4 heteroatoms. The molecule has 4 rings (SSSR count). The number of piperidine rings is 1. The molecule has 0 bridgehead atoms. The first kappa shape index (κ1) is 22.1. The van der Waals surface area contributed by atoms with E-state index in [4.69, 9.17) is 9.47 Å². The fourth-order valence-corrected chi connectivity index (χ4v) is 5.67. The molecule has 0 radical (unpaired) electrons. The lowest BCUT2D eigenvalue weighted by molar-refractivity contribution is 0.00729. The number of nitrogens with zero attached hydrogens (tertiary/aromatic N) is 2. The largest absolute Gasteiger partial charge is 0.494 e. The molecule has 0 spiro atoms. The molecule has 3 aliphatic rings. The molecular formula is C26H42N2O2. The van der Waals surface area contributed by atoms with Crippen LogP contribution in [0.4, 0.5) is 0 Å². The highest BCUT2D eigenvalue weighted by molar-refractivity contribution is 5.29. The highest BCUT2D eigenvalue weighted by atomic mass is 16.5. The molecule has 1 unspecified atom stereocenters. The van der Waals surface area contributed by atoms with Gasteiger partial charge in [-0.2, -0.15) is 0 Å². The van der Waals surface area contributed by atoms with Crippen LogP contribution in [0.2, 0.25) is 0 Å². The lowest BCUT2D eigenvalue weighted by Crippen LogP contribution is -2.44. The Morgan fingerprint density at radius 3 is 2.43 bits per heavy atom. The number of likely N-dealkylation sites (tertiary alicyclic amines) is 1. The zero-order valence-electron chi connectivity index (χ0n) is 19.1. The standard InChI is InChI=1S/C26H42N2O2/c1-22-5-4-15-27(21-22)14-2-3-18-30-26-12-8-24(9-13-26)23-6-10-25(11-7-23)28-16-19-29-20-17-28/h8-9,12-13,22-23,25H,2-7,10-11,14-21H2,1H3. The molecule has 3 fully saturated rings. The summed E-state index contributed by atoms with van der Waals surface area (Å²) in [7, 11) is 0. The Morgan fingerprint density at radius 2 is 1.70 bits per heavy atom. The van der Waals surface area contributed by atoms with Gasteiger partial charge in [-0.25, -0.2) is 0 Å². The fraction of sp³-hybridized carbons (Fsp3) is 0.769. The first-order valence-electron chi connectivity index (χ1n) is 12.5. The van der Waals surface area contributed by atoms with E-state index in [0.29, 0.717) is 0 Å². The Hall–Kier alpha value is -1.10. The second-order valence-corrected chi connectivity index (χ2v) is 9.83. The second kappa shape index (κ2) is 11.5. The molecule has 1 saturated carbocycles. The normalized spacial score (nSPS) is 29.0. The van der Waals surface area contributed by atoms with Gasteiger partial charge in [0.05, 0.1) is 19.8 Å². The maximum Gasteiger partial charge on any atom is 0.119 e. The number of unbranched alkanes of at least 4 members (excludes halogenated alkanes) is 1. The van der Waals surface area contributed by atoms with E-state index in [1.54, 1.807) is 0 Å². The first-order chi connectivity index (χ1) is 14.8. The van der Waals surface area contributed by atoms with Crippen molar-refractivity contribution < 1.29 is 9.47 Å². The monoisotopic (exact) mass is 414 g/mol. The third-order valence-electron chi connectivity index (χ3n) is 7.49. The van der Waals surface area contributed by atoms with E-state index >= 15 is 0 Å². The second-order valence-electron chi connectivity index (χ2n) is 9.83. The summed E-state index contributed by atoms with van der Waals surface area (Å²) in [5.74, 6) is 2.64. The summed E-state index contributed by atoms with van der Waals surface area (Å²) in [6, 6.07) is 9.78. The molecule has 2 saturated heterocycles. The van der Waals surface area contributed by atoms with Crippen LogP contribution in [0.3, 0.4) is 0 Å². The molecule has 168 valence electrons. The van der Waals surface area contributed by atoms with Crippen molar-refractivity contribution in [2.75, 3.05) is 52.5 Å². The van der Waals surface area contributed by atoms with Gasteiger partial charge in [0.15, 0.2) is 0 Å². The molecule has 0 aromatic heterocycles. The molecule has 0 amide bonds. The van der Waals surface area contributed by atoms with Crippen molar-refractivity contribution in [3.05, 3.63) is 29.8 Å². The van der Waals surface area contributed by atoms with E-state index < -0.39 is 0 Å². The summed E-state index contributed by atoms with van der Waals surface area (Å²) >= 11 is 0. The van der Waals surface area contributed by atoms with Crippen LogP contribution in [0.15, 0.2) is 24.3 Å². The SMILES string of the molecule is CC1CCCN(CCCCOc2ccc(C3CCC(N4CCOCC4)CC3)cc2)C1. The third-order valence-corrected chi connectivity index (χ3v) is 7.49. The molecule has 2 heterocycles. The topological polar surface area (TPSA) is 24.9 Å². The van der Waals surface area contributed by atoms with Crippen molar-refractivity contribution in [3.8, 4) is 5.75 Å². The lowest BCUT2D eigenvalue weighted by Gasteiger charge is -2.38. The van der Waals surface area contributed by atoms with Crippen LogP contribution >= 0.6 is 0 Å². The van der Waals surface area contributed by atoms with Gasteiger partial charge >= 0.3 is 0 Å². The van der Waals surface area contributed by atoms with Crippen LogP contribution in [0.5, 0.6) is 5.75 Å². The van der Waals surface area contributed by atoms with Gasteiger partial charge in [0.25, 0.3) is 0 Å². The smallest absolute Gasteiger partial charge is 0.119 e. The van der Waals surface area contributed by atoms with E-state index in [-0.39, 0.29) is 0 Å². The van der Waals surface area contributed by atoms with Crippen LogP contribution < -0.4 is 4.74 Å². The van der Waals surface area contributed by atoms with Gasteiger partial charge in [0.2, 0.25) is 0 Å². The van der Waals surface area contributed by atoms with Crippen LogP contribution in [-0.2, 0) is 4.74 Å². The number of hydrogen-bond acceptors (Lipinski definition) is 4. The van der Waals surface area contributed by atoms with E-state index in [9.17, 15) is 0 Å². The predicted octanol–water partition coefficient (Wildman–Crippen LogP) is 4.94. The maximum atomic E-state index is 6.02. The van der Waals surface area contributed by atoms with Crippen LogP contribution in [0.1, 0.15) is 69.8 Å². The summed E-state index contributed by atoms with van der Waals surface area (Å²) < 4.78 is 11.5. The fourth-order valence-electron chi connectivity index (χ4n) is 5.67. The Balaban J connectivity index is 1.12. The third kappa shape index (κ3) is 6.45. The molecular weight excluding hydrogens is 372 g/mol. The zero-order chi connectivity index (χ0) is 20.6. The summed E-state index contributed by atoms with van der Waals surface area (Å²) in [4.78, 5) is 5.29. The minimum atomic E-state index is 0.725. The number of morpholine rings is 1. The van der Waals surface area contributed by atoms with Crippen molar-refractivity contribution in [2.45, 2.75) is 70.3 Å². The minimum absolute atomic E-state index is 0.725. The van der Waals surface area contributed by atoms with Crippen molar-refractivity contribution in [3.63, 3.8) is 0 Å². The van der Waals surface area contributed by atoms with Crippen LogP contribution in [-0.4, -0.2) is 68.4 Å². The van der Waals surface area contributed by atoms with Gasteiger partial charge in [-0.05, 0) is 94.0 Å². The Kier molecular flexibility index (Phi) is 8.47. The van der Waals surface area contributed by atoms with E-state index in [0.717, 1.165) is 63.0 Å². The molecule has 4 nitrogen and oxygen atoms in total. The number of rotatable bonds is 8. The number of hydrogen-bond donors (Lipinski definition) is 0. The Labute approximate surface area is 183 Å². The van der Waals surface area contributed by atoms with E-state index in [1.807, 2.05) is 0 Å². The molecule has 0 N–H and O–H groups in total. The quantitative estimate of drug-likeness (QED) is 0.563. The molecule has 1 aromatic carbocycles.